The zero-order chi connectivity index (χ0) is 27.4. The molecule has 0 bridgehead atoms. The van der Waals surface area contributed by atoms with Crippen molar-refractivity contribution in [1.29, 1.82) is 0 Å². The molecule has 5 rings (SSSR count). The molecule has 9 heteroatoms. The summed E-state index contributed by atoms with van der Waals surface area (Å²) in [5.74, 6) is 0.103. The largest absolute Gasteiger partial charge is 0.488 e. The Hall–Kier alpha value is -3.31. The number of rotatable bonds is 7. The second kappa shape index (κ2) is 12.3. The van der Waals surface area contributed by atoms with E-state index in [9.17, 15) is 14.4 Å². The number of nitrogens with zero attached hydrogens (tertiary/aromatic N) is 3. The standard InChI is InChI=1S/C30H28IN3O4S/c1-21-7-9-22(10-8-21)20-38-26-12-11-23(17-25(26)31)18-27-29(36)34(30(37)39-27)19-28(35)33-15-13-32(14-16-33)24-5-3-2-4-6-24/h2-12,17-18H,13-16,19-20H2,1H3/b27-18+. The predicted molar refractivity (Wildman–Crippen MR) is 163 cm³/mol. The first-order valence-electron chi connectivity index (χ1n) is 12.7. The Balaban J connectivity index is 1.17. The van der Waals surface area contributed by atoms with Crippen LogP contribution in [0.25, 0.3) is 6.08 Å². The van der Waals surface area contributed by atoms with Crippen LogP contribution in [0.3, 0.4) is 0 Å². The number of ether oxygens (including phenoxy) is 1. The van der Waals surface area contributed by atoms with Gasteiger partial charge in [-0.1, -0.05) is 54.1 Å². The van der Waals surface area contributed by atoms with Crippen LogP contribution in [0.2, 0.25) is 0 Å². The molecule has 200 valence electrons. The first kappa shape index (κ1) is 27.3. The van der Waals surface area contributed by atoms with Crippen molar-refractivity contribution in [3.05, 3.63) is 98.0 Å². The van der Waals surface area contributed by atoms with Gasteiger partial charge in [0.1, 0.15) is 18.9 Å². The summed E-state index contributed by atoms with van der Waals surface area (Å²) in [6.07, 6.45) is 1.69. The van der Waals surface area contributed by atoms with Gasteiger partial charge in [-0.05, 0) is 82.7 Å². The molecule has 0 N–H and O–H groups in total. The summed E-state index contributed by atoms with van der Waals surface area (Å²) in [6.45, 7) is 4.79. The number of aryl methyl sites for hydroxylation is 1. The van der Waals surface area contributed by atoms with E-state index in [1.165, 1.54) is 5.56 Å². The number of benzene rings is 3. The van der Waals surface area contributed by atoms with Gasteiger partial charge in [0.2, 0.25) is 5.91 Å². The Morgan fingerprint density at radius 2 is 1.69 bits per heavy atom. The Bertz CT molecular complexity index is 1400. The van der Waals surface area contributed by atoms with E-state index in [0.717, 1.165) is 42.8 Å². The minimum Gasteiger partial charge on any atom is -0.488 e. The Labute approximate surface area is 245 Å². The average Bonchev–Trinajstić information content (AvgIpc) is 3.21. The molecule has 2 saturated heterocycles. The maximum absolute atomic E-state index is 13.0. The summed E-state index contributed by atoms with van der Waals surface area (Å²) in [5.41, 5.74) is 4.20. The number of para-hydroxylation sites is 1. The minimum absolute atomic E-state index is 0.212. The van der Waals surface area contributed by atoms with Crippen LogP contribution in [-0.4, -0.2) is 59.6 Å². The lowest BCUT2D eigenvalue weighted by Crippen LogP contribution is -2.51. The third kappa shape index (κ3) is 6.65. The van der Waals surface area contributed by atoms with E-state index in [1.54, 1.807) is 11.0 Å². The van der Waals surface area contributed by atoms with Crippen LogP contribution in [0.1, 0.15) is 16.7 Å². The van der Waals surface area contributed by atoms with E-state index < -0.39 is 11.1 Å². The Kier molecular flexibility index (Phi) is 8.56. The number of hydrogen-bond donors (Lipinski definition) is 0. The zero-order valence-corrected chi connectivity index (χ0v) is 24.5. The molecule has 39 heavy (non-hydrogen) atoms. The molecule has 2 aliphatic rings. The van der Waals surface area contributed by atoms with Gasteiger partial charge in [0.05, 0.1) is 8.48 Å². The van der Waals surface area contributed by atoms with E-state index in [1.807, 2.05) is 55.5 Å². The molecule has 0 atom stereocenters. The zero-order valence-electron chi connectivity index (χ0n) is 21.5. The third-order valence-corrected chi connectivity index (χ3v) is 8.44. The van der Waals surface area contributed by atoms with Crippen molar-refractivity contribution in [3.63, 3.8) is 0 Å². The van der Waals surface area contributed by atoms with Crippen molar-refractivity contribution in [2.45, 2.75) is 13.5 Å². The molecule has 0 radical (unpaired) electrons. The van der Waals surface area contributed by atoms with E-state index in [4.69, 9.17) is 4.74 Å². The number of anilines is 1. The Morgan fingerprint density at radius 3 is 2.38 bits per heavy atom. The highest BCUT2D eigenvalue weighted by molar-refractivity contribution is 14.1. The second-order valence-corrected chi connectivity index (χ2v) is 11.6. The molecule has 0 aromatic heterocycles. The van der Waals surface area contributed by atoms with Gasteiger partial charge in [-0.15, -0.1) is 0 Å². The van der Waals surface area contributed by atoms with Crippen LogP contribution < -0.4 is 9.64 Å². The van der Waals surface area contributed by atoms with Crippen LogP contribution in [0, 0.1) is 10.5 Å². The van der Waals surface area contributed by atoms with Crippen molar-refractivity contribution in [3.8, 4) is 5.75 Å². The molecule has 0 aliphatic carbocycles. The van der Waals surface area contributed by atoms with Crippen molar-refractivity contribution in [2.24, 2.45) is 0 Å². The quantitative estimate of drug-likeness (QED) is 0.246. The summed E-state index contributed by atoms with van der Waals surface area (Å²) in [7, 11) is 0. The summed E-state index contributed by atoms with van der Waals surface area (Å²) < 4.78 is 6.87. The van der Waals surface area contributed by atoms with Crippen molar-refractivity contribution < 1.29 is 19.1 Å². The van der Waals surface area contributed by atoms with E-state index in [0.29, 0.717) is 37.7 Å². The second-order valence-electron chi connectivity index (χ2n) is 9.44. The molecule has 7 nitrogen and oxygen atoms in total. The Morgan fingerprint density at radius 1 is 0.974 bits per heavy atom. The van der Waals surface area contributed by atoms with Crippen molar-refractivity contribution in [1.82, 2.24) is 9.80 Å². The summed E-state index contributed by atoms with van der Waals surface area (Å²) in [4.78, 5) is 43.9. The van der Waals surface area contributed by atoms with Crippen LogP contribution in [0.5, 0.6) is 5.75 Å². The molecule has 3 aromatic carbocycles. The highest BCUT2D eigenvalue weighted by atomic mass is 127. The smallest absolute Gasteiger partial charge is 0.294 e. The van der Waals surface area contributed by atoms with Crippen LogP contribution in [-0.2, 0) is 16.2 Å². The molecule has 0 spiro atoms. The first-order chi connectivity index (χ1) is 18.9. The minimum atomic E-state index is -0.434. The monoisotopic (exact) mass is 653 g/mol. The normalized spacial score (nSPS) is 16.8. The molecule has 3 amide bonds. The fourth-order valence-electron chi connectivity index (χ4n) is 4.45. The molecule has 3 aromatic rings. The molecule has 2 fully saturated rings. The van der Waals surface area contributed by atoms with Gasteiger partial charge in [-0.2, -0.15) is 0 Å². The van der Waals surface area contributed by atoms with Gasteiger partial charge in [0, 0.05) is 31.9 Å². The number of piperazine rings is 1. The van der Waals surface area contributed by atoms with Gasteiger partial charge in [-0.3, -0.25) is 19.3 Å². The first-order valence-corrected chi connectivity index (χ1v) is 14.6. The summed E-state index contributed by atoms with van der Waals surface area (Å²) in [6, 6.07) is 23.9. The number of carbonyl (C=O) groups excluding carboxylic acids is 3. The van der Waals surface area contributed by atoms with E-state index in [2.05, 4.69) is 51.8 Å². The topological polar surface area (TPSA) is 70.2 Å². The highest BCUT2D eigenvalue weighted by Crippen LogP contribution is 2.33. The fourth-order valence-corrected chi connectivity index (χ4v) is 5.98. The number of carbonyl (C=O) groups is 3. The van der Waals surface area contributed by atoms with Gasteiger partial charge >= 0.3 is 0 Å². The molecule has 2 heterocycles. The highest BCUT2D eigenvalue weighted by Gasteiger charge is 2.37. The predicted octanol–water partition coefficient (Wildman–Crippen LogP) is 5.56. The summed E-state index contributed by atoms with van der Waals surface area (Å²) in [5, 5.41) is -0.421. The van der Waals surface area contributed by atoms with Gasteiger partial charge in [0.25, 0.3) is 11.1 Å². The maximum atomic E-state index is 13.0. The SMILES string of the molecule is Cc1ccc(COc2ccc(/C=C3/SC(=O)N(CC(=O)N4CCN(c5ccccc5)CC4)C3=O)cc2I)cc1. The van der Waals surface area contributed by atoms with Gasteiger partial charge in [-0.25, -0.2) is 0 Å². The molecule has 0 saturated carbocycles. The lowest BCUT2D eigenvalue weighted by molar-refractivity contribution is -0.136. The lowest BCUT2D eigenvalue weighted by Gasteiger charge is -2.36. The van der Waals surface area contributed by atoms with Crippen LogP contribution in [0.15, 0.2) is 77.7 Å². The van der Waals surface area contributed by atoms with Crippen molar-refractivity contribution >= 4 is 63.2 Å². The van der Waals surface area contributed by atoms with Gasteiger partial charge < -0.3 is 14.5 Å². The maximum Gasteiger partial charge on any atom is 0.294 e. The molecular weight excluding hydrogens is 625 g/mol. The number of halogens is 1. The average molecular weight is 654 g/mol. The van der Waals surface area contributed by atoms with Crippen LogP contribution in [0.4, 0.5) is 10.5 Å². The lowest BCUT2D eigenvalue weighted by atomic mass is 10.1. The number of thioether (sulfide) groups is 1. The summed E-state index contributed by atoms with van der Waals surface area (Å²) >= 11 is 3.07. The number of hydrogen-bond acceptors (Lipinski definition) is 6. The van der Waals surface area contributed by atoms with E-state index >= 15 is 0 Å². The molecular formula is C30H28IN3O4S. The van der Waals surface area contributed by atoms with Crippen LogP contribution >= 0.6 is 34.4 Å². The third-order valence-electron chi connectivity index (χ3n) is 6.69. The molecule has 0 unspecified atom stereocenters. The van der Waals surface area contributed by atoms with E-state index in [-0.39, 0.29) is 12.5 Å². The van der Waals surface area contributed by atoms with Crippen molar-refractivity contribution in [2.75, 3.05) is 37.6 Å². The number of imide groups is 1. The fraction of sp³-hybridized carbons (Fsp3) is 0.233. The number of amides is 3. The van der Waals surface area contributed by atoms with Gasteiger partial charge in [0.15, 0.2) is 0 Å². The molecule has 2 aliphatic heterocycles.